The van der Waals surface area contributed by atoms with Crippen LogP contribution in [0.5, 0.6) is 0 Å². The summed E-state index contributed by atoms with van der Waals surface area (Å²) in [5.74, 6) is -0.894. The lowest BCUT2D eigenvalue weighted by atomic mass is 10.0. The van der Waals surface area contributed by atoms with Crippen LogP contribution in [0.1, 0.15) is 6.42 Å². The molecule has 0 bridgehead atoms. The fraction of sp³-hybridized carbons (Fsp3) is 0.125. The number of carboxylic acid groups (broad SMARTS) is 1. The van der Waals surface area contributed by atoms with Crippen LogP contribution in [0.4, 0.5) is 0 Å². The van der Waals surface area contributed by atoms with Gasteiger partial charge >= 0.3 is 5.97 Å². The molecule has 1 N–H and O–H groups in total. The third-order valence-corrected chi connectivity index (χ3v) is 1.70. The van der Waals surface area contributed by atoms with Crippen molar-refractivity contribution in [1.29, 1.82) is 0 Å². The fourth-order valence-electron chi connectivity index (χ4n) is 0.800. The van der Waals surface area contributed by atoms with Crippen LogP contribution in [0.15, 0.2) is 34.9 Å². The number of allylic oxidation sites excluding steroid dienone is 3. The Bertz CT molecular complexity index is 261. The van der Waals surface area contributed by atoms with Crippen LogP contribution < -0.4 is 0 Å². The molecule has 0 aromatic heterocycles. The molecule has 0 saturated carbocycles. The second-order valence-electron chi connectivity index (χ2n) is 2.19. The summed E-state index contributed by atoms with van der Waals surface area (Å²) in [4.78, 5) is 10.4. The molecular weight excluding hydrogens is 164 g/mol. The molecule has 3 heteroatoms. The molecule has 2 nitrogen and oxygen atoms in total. The first-order valence-corrected chi connectivity index (χ1v) is 3.58. The van der Waals surface area contributed by atoms with Gasteiger partial charge < -0.3 is 5.11 Å². The molecule has 0 aromatic carbocycles. The quantitative estimate of drug-likeness (QED) is 0.654. The van der Waals surface area contributed by atoms with Gasteiger partial charge in [-0.1, -0.05) is 23.8 Å². The molecule has 0 aromatic rings. The molecule has 0 heterocycles. The predicted octanol–water partition coefficient (Wildman–Crippen LogP) is 2.08. The van der Waals surface area contributed by atoms with Gasteiger partial charge in [0, 0.05) is 5.54 Å². The van der Waals surface area contributed by atoms with Crippen molar-refractivity contribution in [2.75, 3.05) is 0 Å². The molecule has 1 aliphatic rings. The van der Waals surface area contributed by atoms with Crippen LogP contribution in [0.25, 0.3) is 0 Å². The topological polar surface area (TPSA) is 37.3 Å². The summed E-state index contributed by atoms with van der Waals surface area (Å²) in [6.07, 6.45) is 5.48. The maximum atomic E-state index is 10.4. The van der Waals surface area contributed by atoms with E-state index >= 15 is 0 Å². The third kappa shape index (κ3) is 1.95. The zero-order chi connectivity index (χ0) is 8.27. The van der Waals surface area contributed by atoms with E-state index in [2.05, 4.69) is 0 Å². The molecule has 1 aliphatic carbocycles. The lowest BCUT2D eigenvalue weighted by Crippen LogP contribution is -2.00. The first-order chi connectivity index (χ1) is 5.24. The fourth-order valence-corrected chi connectivity index (χ4v) is 0.962. The number of halogens is 1. The number of aliphatic carboxylic acids is 1. The van der Waals surface area contributed by atoms with Gasteiger partial charge in [-0.2, -0.15) is 0 Å². The van der Waals surface area contributed by atoms with Crippen molar-refractivity contribution in [3.05, 3.63) is 34.9 Å². The highest BCUT2D eigenvalue weighted by molar-refractivity contribution is 6.25. The van der Waals surface area contributed by atoms with E-state index in [0.29, 0.717) is 12.0 Å². The van der Waals surface area contributed by atoms with Gasteiger partial charge in [-0.25, -0.2) is 4.79 Å². The minimum Gasteiger partial charge on any atom is -0.478 e. The summed E-state index contributed by atoms with van der Waals surface area (Å²) < 4.78 is 0. The van der Waals surface area contributed by atoms with Crippen molar-refractivity contribution in [3.63, 3.8) is 0 Å². The van der Waals surface area contributed by atoms with E-state index in [4.69, 9.17) is 16.7 Å². The van der Waals surface area contributed by atoms with E-state index in [0.717, 1.165) is 5.57 Å². The summed E-state index contributed by atoms with van der Waals surface area (Å²) in [6.45, 7) is 0. The zero-order valence-electron chi connectivity index (χ0n) is 5.75. The highest BCUT2D eigenvalue weighted by atomic mass is 35.5. The van der Waals surface area contributed by atoms with E-state index in [1.165, 1.54) is 5.54 Å². The Balaban J connectivity index is 2.75. The standard InChI is InChI=1S/C8H7ClO2/c9-5-6-1-3-7(4-2-6)8(10)11/h1,3-5H,2H2,(H,10,11). The van der Waals surface area contributed by atoms with Gasteiger partial charge in [0.2, 0.25) is 0 Å². The van der Waals surface area contributed by atoms with Gasteiger partial charge in [0.1, 0.15) is 0 Å². The molecule has 11 heavy (non-hydrogen) atoms. The number of hydrogen-bond donors (Lipinski definition) is 1. The molecule has 0 atom stereocenters. The average molecular weight is 171 g/mol. The summed E-state index contributed by atoms with van der Waals surface area (Å²) in [7, 11) is 0. The summed E-state index contributed by atoms with van der Waals surface area (Å²) >= 11 is 5.42. The Labute approximate surface area is 69.5 Å². The smallest absolute Gasteiger partial charge is 0.335 e. The average Bonchev–Trinajstić information content (AvgIpc) is 2.05. The number of carboxylic acids is 1. The van der Waals surface area contributed by atoms with Crippen molar-refractivity contribution >= 4 is 17.6 Å². The number of rotatable bonds is 1. The van der Waals surface area contributed by atoms with Crippen molar-refractivity contribution in [2.24, 2.45) is 0 Å². The molecule has 0 unspecified atom stereocenters. The van der Waals surface area contributed by atoms with E-state index in [1.807, 2.05) is 0 Å². The van der Waals surface area contributed by atoms with Crippen LogP contribution in [0, 0.1) is 0 Å². The second-order valence-corrected chi connectivity index (χ2v) is 2.40. The predicted molar refractivity (Wildman–Crippen MR) is 43.4 cm³/mol. The van der Waals surface area contributed by atoms with E-state index in [9.17, 15) is 4.79 Å². The largest absolute Gasteiger partial charge is 0.478 e. The van der Waals surface area contributed by atoms with Crippen molar-refractivity contribution in [2.45, 2.75) is 6.42 Å². The number of carbonyl (C=O) groups is 1. The molecule has 0 spiro atoms. The molecule has 0 aliphatic heterocycles. The summed E-state index contributed by atoms with van der Waals surface area (Å²) in [6, 6.07) is 0. The minimum absolute atomic E-state index is 0.326. The Morgan fingerprint density at radius 3 is 2.73 bits per heavy atom. The minimum atomic E-state index is -0.894. The third-order valence-electron chi connectivity index (χ3n) is 1.42. The maximum Gasteiger partial charge on any atom is 0.335 e. The summed E-state index contributed by atoms with van der Waals surface area (Å²) in [5, 5.41) is 8.53. The first-order valence-electron chi connectivity index (χ1n) is 3.15. The lowest BCUT2D eigenvalue weighted by molar-refractivity contribution is -0.132. The molecule has 58 valence electrons. The molecule has 1 rings (SSSR count). The van der Waals surface area contributed by atoms with Gasteiger partial charge in [0.05, 0.1) is 5.57 Å². The number of hydrogen-bond acceptors (Lipinski definition) is 1. The van der Waals surface area contributed by atoms with Crippen molar-refractivity contribution < 1.29 is 9.90 Å². The Morgan fingerprint density at radius 2 is 2.36 bits per heavy atom. The van der Waals surface area contributed by atoms with Crippen LogP contribution in [0.2, 0.25) is 0 Å². The van der Waals surface area contributed by atoms with Gasteiger partial charge in [-0.15, -0.1) is 0 Å². The van der Waals surface area contributed by atoms with Gasteiger partial charge in [0.25, 0.3) is 0 Å². The first kappa shape index (κ1) is 8.08. The maximum absolute atomic E-state index is 10.4. The SMILES string of the molecule is O=C(O)C1=CCC(=CCl)C=C1. The van der Waals surface area contributed by atoms with E-state index < -0.39 is 5.97 Å². The van der Waals surface area contributed by atoms with Crippen LogP contribution >= 0.6 is 11.6 Å². The molecule has 0 fully saturated rings. The normalized spacial score (nSPS) is 20.1. The molecule has 0 saturated heterocycles. The highest BCUT2D eigenvalue weighted by Crippen LogP contribution is 2.15. The Hall–Kier alpha value is -1.02. The Morgan fingerprint density at radius 1 is 1.64 bits per heavy atom. The van der Waals surface area contributed by atoms with Crippen molar-refractivity contribution in [3.8, 4) is 0 Å². The summed E-state index contributed by atoms with van der Waals surface area (Å²) in [5.41, 5.74) is 2.70. The van der Waals surface area contributed by atoms with Gasteiger partial charge in [0.15, 0.2) is 0 Å². The zero-order valence-corrected chi connectivity index (χ0v) is 6.51. The van der Waals surface area contributed by atoms with E-state index in [1.54, 1.807) is 18.2 Å². The van der Waals surface area contributed by atoms with Gasteiger partial charge in [-0.05, 0) is 18.1 Å². The highest BCUT2D eigenvalue weighted by Gasteiger charge is 2.06. The van der Waals surface area contributed by atoms with Gasteiger partial charge in [-0.3, -0.25) is 0 Å². The Kier molecular flexibility index (Phi) is 2.49. The molecule has 0 radical (unpaired) electrons. The van der Waals surface area contributed by atoms with Crippen molar-refractivity contribution in [1.82, 2.24) is 0 Å². The van der Waals surface area contributed by atoms with Crippen LogP contribution in [-0.2, 0) is 4.79 Å². The van der Waals surface area contributed by atoms with Crippen LogP contribution in [0.3, 0.4) is 0 Å². The lowest BCUT2D eigenvalue weighted by Gasteiger charge is -2.03. The van der Waals surface area contributed by atoms with E-state index in [-0.39, 0.29) is 0 Å². The monoisotopic (exact) mass is 170 g/mol. The second kappa shape index (κ2) is 3.39. The van der Waals surface area contributed by atoms with Crippen LogP contribution in [-0.4, -0.2) is 11.1 Å². The molecular formula is C8H7ClO2. The molecule has 0 amide bonds.